The lowest BCUT2D eigenvalue weighted by Crippen LogP contribution is -2.22. The van der Waals surface area contributed by atoms with Crippen LogP contribution in [0.3, 0.4) is 0 Å². The van der Waals surface area contributed by atoms with E-state index in [0.29, 0.717) is 41.4 Å². The lowest BCUT2D eigenvalue weighted by molar-refractivity contribution is 0.0549. The fourth-order valence-electron chi connectivity index (χ4n) is 1.35. The topological polar surface area (TPSA) is 55.8 Å². The highest BCUT2D eigenvalue weighted by Gasteiger charge is 2.15. The number of benzene rings is 1. The van der Waals surface area contributed by atoms with Gasteiger partial charge in [0.25, 0.3) is 0 Å². The van der Waals surface area contributed by atoms with Gasteiger partial charge >= 0.3 is 0 Å². The summed E-state index contributed by atoms with van der Waals surface area (Å²) in [5, 5.41) is 9.90. The van der Waals surface area contributed by atoms with Crippen molar-refractivity contribution in [1.29, 1.82) is 0 Å². The van der Waals surface area contributed by atoms with Crippen LogP contribution >= 0.6 is 11.6 Å². The third-order valence-electron chi connectivity index (χ3n) is 2.35. The fourth-order valence-corrected chi connectivity index (χ4v) is 1.62. The summed E-state index contributed by atoms with van der Waals surface area (Å²) in [6.45, 7) is 3.70. The zero-order valence-electron chi connectivity index (χ0n) is 10.7. The summed E-state index contributed by atoms with van der Waals surface area (Å²) in [7, 11) is 1.48. The molecule has 0 saturated carbocycles. The first-order valence-corrected chi connectivity index (χ1v) is 5.93. The molecule has 0 unspecified atom stereocenters. The van der Waals surface area contributed by atoms with Crippen LogP contribution in [-0.2, 0) is 0 Å². The molecule has 0 aliphatic heterocycles. The average molecular weight is 273 g/mol. The van der Waals surface area contributed by atoms with Crippen molar-refractivity contribution in [1.82, 2.24) is 0 Å². The molecule has 0 bridgehead atoms. The summed E-state index contributed by atoms with van der Waals surface area (Å²) in [4.78, 5) is 10.7. The van der Waals surface area contributed by atoms with E-state index in [4.69, 9.17) is 21.1 Å². The lowest BCUT2D eigenvalue weighted by atomic mass is 10.1. The van der Waals surface area contributed by atoms with Crippen molar-refractivity contribution in [3.05, 3.63) is 22.7 Å². The van der Waals surface area contributed by atoms with E-state index < -0.39 is 5.60 Å². The lowest BCUT2D eigenvalue weighted by Gasteiger charge is -2.18. The van der Waals surface area contributed by atoms with Crippen molar-refractivity contribution in [2.75, 3.05) is 13.7 Å². The maximum atomic E-state index is 10.7. The Balaban J connectivity index is 2.84. The predicted molar refractivity (Wildman–Crippen MR) is 69.8 cm³/mol. The summed E-state index contributed by atoms with van der Waals surface area (Å²) in [6, 6.07) is 3.06. The second-order valence-electron chi connectivity index (χ2n) is 4.56. The monoisotopic (exact) mass is 272 g/mol. The number of carbonyl (C=O) groups is 1. The van der Waals surface area contributed by atoms with E-state index >= 15 is 0 Å². The fraction of sp³-hybridized carbons (Fsp3) is 0.462. The molecule has 0 aromatic heterocycles. The van der Waals surface area contributed by atoms with Crippen LogP contribution in [0.2, 0.25) is 5.02 Å². The zero-order valence-corrected chi connectivity index (χ0v) is 11.5. The molecule has 18 heavy (non-hydrogen) atoms. The van der Waals surface area contributed by atoms with Crippen molar-refractivity contribution in [2.24, 2.45) is 0 Å². The van der Waals surface area contributed by atoms with Gasteiger partial charge in [0, 0.05) is 12.0 Å². The first-order valence-electron chi connectivity index (χ1n) is 5.55. The Morgan fingerprint density at radius 1 is 1.44 bits per heavy atom. The Hall–Kier alpha value is -1.26. The molecule has 0 atom stereocenters. The summed E-state index contributed by atoms with van der Waals surface area (Å²) < 4.78 is 10.6. The van der Waals surface area contributed by atoms with E-state index in [1.54, 1.807) is 19.9 Å². The normalized spacial score (nSPS) is 11.2. The van der Waals surface area contributed by atoms with E-state index in [2.05, 4.69) is 0 Å². The number of aldehydes is 1. The second kappa shape index (κ2) is 6.07. The molecule has 0 heterocycles. The van der Waals surface area contributed by atoms with Crippen LogP contribution in [0.25, 0.3) is 0 Å². The molecule has 1 N–H and O–H groups in total. The van der Waals surface area contributed by atoms with Crippen LogP contribution < -0.4 is 9.47 Å². The second-order valence-corrected chi connectivity index (χ2v) is 4.97. The summed E-state index contributed by atoms with van der Waals surface area (Å²) in [6.07, 6.45) is 1.15. The highest BCUT2D eigenvalue weighted by Crippen LogP contribution is 2.36. The number of methoxy groups -OCH3 is 1. The van der Waals surface area contributed by atoms with Crippen molar-refractivity contribution in [3.63, 3.8) is 0 Å². The first-order chi connectivity index (χ1) is 8.37. The number of hydrogen-bond donors (Lipinski definition) is 1. The van der Waals surface area contributed by atoms with Gasteiger partial charge in [0.05, 0.1) is 24.3 Å². The number of ether oxygens (including phenoxy) is 2. The molecule has 1 aromatic carbocycles. The number of halogens is 1. The van der Waals surface area contributed by atoms with Gasteiger partial charge in [0.2, 0.25) is 0 Å². The smallest absolute Gasteiger partial charge is 0.179 e. The molecule has 5 heteroatoms. The number of aliphatic hydroxyl groups is 1. The van der Waals surface area contributed by atoms with Crippen LogP contribution in [0.4, 0.5) is 0 Å². The Bertz CT molecular complexity index is 424. The minimum absolute atomic E-state index is 0.306. The number of rotatable bonds is 6. The highest BCUT2D eigenvalue weighted by atomic mass is 35.5. The average Bonchev–Trinajstić information content (AvgIpc) is 2.29. The summed E-state index contributed by atoms with van der Waals surface area (Å²) in [5.41, 5.74) is -0.380. The molecular formula is C13H17ClO4. The molecule has 0 amide bonds. The quantitative estimate of drug-likeness (QED) is 0.809. The Morgan fingerprint density at radius 3 is 2.61 bits per heavy atom. The van der Waals surface area contributed by atoms with E-state index in [0.717, 1.165) is 0 Å². The Kier molecular flexibility index (Phi) is 4.99. The van der Waals surface area contributed by atoms with Crippen molar-refractivity contribution < 1.29 is 19.4 Å². The standard InChI is InChI=1S/C13H17ClO4/c1-13(2,16)4-5-18-12-10(14)6-9(8-15)7-11(12)17-3/h6-8,16H,4-5H2,1-3H3. The van der Waals surface area contributed by atoms with Gasteiger partial charge in [-0.25, -0.2) is 0 Å². The minimum atomic E-state index is -0.803. The van der Waals surface area contributed by atoms with Gasteiger partial charge in [-0.1, -0.05) is 11.6 Å². The maximum absolute atomic E-state index is 10.7. The van der Waals surface area contributed by atoms with Crippen molar-refractivity contribution in [3.8, 4) is 11.5 Å². The molecule has 4 nitrogen and oxygen atoms in total. The Labute approximate surface area is 111 Å². The summed E-state index contributed by atoms with van der Waals surface area (Å²) >= 11 is 6.02. The van der Waals surface area contributed by atoms with Crippen molar-refractivity contribution in [2.45, 2.75) is 25.9 Å². The highest BCUT2D eigenvalue weighted by molar-refractivity contribution is 6.32. The molecule has 0 fully saturated rings. The molecule has 0 aliphatic rings. The molecule has 0 spiro atoms. The van der Waals surface area contributed by atoms with Gasteiger partial charge in [-0.15, -0.1) is 0 Å². The molecule has 100 valence electrons. The third-order valence-corrected chi connectivity index (χ3v) is 2.63. The van der Waals surface area contributed by atoms with Gasteiger partial charge in [-0.2, -0.15) is 0 Å². The first kappa shape index (κ1) is 14.8. The predicted octanol–water partition coefficient (Wildman–Crippen LogP) is 2.70. The molecule has 1 rings (SSSR count). The van der Waals surface area contributed by atoms with Crippen LogP contribution in [0.15, 0.2) is 12.1 Å². The van der Waals surface area contributed by atoms with Crippen LogP contribution in [0.5, 0.6) is 11.5 Å². The number of carbonyl (C=O) groups excluding carboxylic acids is 1. The molecule has 0 aliphatic carbocycles. The largest absolute Gasteiger partial charge is 0.493 e. The van der Waals surface area contributed by atoms with Crippen LogP contribution in [-0.4, -0.2) is 30.7 Å². The molecule has 0 radical (unpaired) electrons. The van der Waals surface area contributed by atoms with Gasteiger partial charge < -0.3 is 14.6 Å². The molecular weight excluding hydrogens is 256 g/mol. The zero-order chi connectivity index (χ0) is 13.8. The van der Waals surface area contributed by atoms with Gasteiger partial charge in [-0.05, 0) is 26.0 Å². The molecule has 0 saturated heterocycles. The molecule has 1 aromatic rings. The SMILES string of the molecule is COc1cc(C=O)cc(Cl)c1OCCC(C)(C)O. The van der Waals surface area contributed by atoms with Gasteiger partial charge in [0.1, 0.15) is 6.29 Å². The van der Waals surface area contributed by atoms with Crippen molar-refractivity contribution >= 4 is 17.9 Å². The van der Waals surface area contributed by atoms with Crippen LogP contribution in [0, 0.1) is 0 Å². The van der Waals surface area contributed by atoms with E-state index in [1.807, 2.05) is 0 Å². The number of hydrogen-bond acceptors (Lipinski definition) is 4. The van der Waals surface area contributed by atoms with Crippen LogP contribution in [0.1, 0.15) is 30.6 Å². The van der Waals surface area contributed by atoms with Gasteiger partial charge in [0.15, 0.2) is 11.5 Å². The van der Waals surface area contributed by atoms with Gasteiger partial charge in [-0.3, -0.25) is 4.79 Å². The van der Waals surface area contributed by atoms with E-state index in [-0.39, 0.29) is 0 Å². The summed E-state index contributed by atoms with van der Waals surface area (Å²) in [5.74, 6) is 0.786. The Morgan fingerprint density at radius 2 is 2.11 bits per heavy atom. The minimum Gasteiger partial charge on any atom is -0.493 e. The maximum Gasteiger partial charge on any atom is 0.179 e. The third kappa shape index (κ3) is 4.20. The van der Waals surface area contributed by atoms with E-state index in [1.165, 1.54) is 13.2 Å². The van der Waals surface area contributed by atoms with E-state index in [9.17, 15) is 9.90 Å².